The molecule has 0 saturated carbocycles. The molecular weight excluding hydrogens is 308 g/mol. The molecule has 1 aromatic carbocycles. The van der Waals surface area contributed by atoms with E-state index in [1.54, 1.807) is 17.0 Å². The molecule has 1 N–H and O–H groups in total. The largest absolute Gasteiger partial charge is 0.480 e. The smallest absolute Gasteiger partial charge is 0.323 e. The highest BCUT2D eigenvalue weighted by atomic mass is 16.4. The Kier molecular flexibility index (Phi) is 6.35. The van der Waals surface area contributed by atoms with E-state index in [2.05, 4.69) is 0 Å². The standard InChI is InChI=1S/C18H24N2O4/c1-2-10-20(13-16(21)22)18(24)15-8-11-19(12-9-15)17(23)14-6-4-3-5-7-14/h3-7,15H,2,8-13H2,1H3,(H,21,22). The van der Waals surface area contributed by atoms with Gasteiger partial charge in [-0.15, -0.1) is 0 Å². The van der Waals surface area contributed by atoms with Gasteiger partial charge < -0.3 is 14.9 Å². The number of aliphatic carboxylic acids is 1. The van der Waals surface area contributed by atoms with Crippen LogP contribution in [0.3, 0.4) is 0 Å². The van der Waals surface area contributed by atoms with Crippen molar-refractivity contribution >= 4 is 17.8 Å². The van der Waals surface area contributed by atoms with E-state index in [-0.39, 0.29) is 24.3 Å². The number of rotatable bonds is 6. The topological polar surface area (TPSA) is 77.9 Å². The molecule has 2 amide bonds. The van der Waals surface area contributed by atoms with Crippen LogP contribution in [0.4, 0.5) is 0 Å². The van der Waals surface area contributed by atoms with Crippen molar-refractivity contribution in [2.75, 3.05) is 26.2 Å². The summed E-state index contributed by atoms with van der Waals surface area (Å²) in [6, 6.07) is 9.10. The number of carbonyl (C=O) groups excluding carboxylic acids is 2. The molecule has 1 aromatic rings. The van der Waals surface area contributed by atoms with Gasteiger partial charge in [0, 0.05) is 31.1 Å². The fourth-order valence-electron chi connectivity index (χ4n) is 3.05. The van der Waals surface area contributed by atoms with Crippen molar-refractivity contribution in [2.45, 2.75) is 26.2 Å². The Morgan fingerprint density at radius 1 is 1.17 bits per heavy atom. The maximum atomic E-state index is 12.5. The lowest BCUT2D eigenvalue weighted by Gasteiger charge is -2.34. The molecule has 6 nitrogen and oxygen atoms in total. The first kappa shape index (κ1) is 18.0. The van der Waals surface area contributed by atoms with Gasteiger partial charge in [-0.25, -0.2) is 0 Å². The van der Waals surface area contributed by atoms with Gasteiger partial charge in [-0.05, 0) is 31.4 Å². The van der Waals surface area contributed by atoms with Gasteiger partial charge in [0.25, 0.3) is 5.91 Å². The maximum Gasteiger partial charge on any atom is 0.323 e. The molecule has 1 heterocycles. The lowest BCUT2D eigenvalue weighted by atomic mass is 9.94. The Hall–Kier alpha value is -2.37. The summed E-state index contributed by atoms with van der Waals surface area (Å²) < 4.78 is 0. The third-order valence-corrected chi connectivity index (χ3v) is 4.28. The summed E-state index contributed by atoms with van der Waals surface area (Å²) in [7, 11) is 0. The average Bonchev–Trinajstić information content (AvgIpc) is 2.60. The van der Waals surface area contributed by atoms with Gasteiger partial charge in [-0.3, -0.25) is 14.4 Å². The summed E-state index contributed by atoms with van der Waals surface area (Å²) in [4.78, 5) is 39.0. The van der Waals surface area contributed by atoms with E-state index in [4.69, 9.17) is 5.11 Å². The second kappa shape index (κ2) is 8.47. The Bertz CT molecular complexity index is 580. The van der Waals surface area contributed by atoms with Crippen molar-refractivity contribution in [3.05, 3.63) is 35.9 Å². The van der Waals surface area contributed by atoms with E-state index in [1.807, 2.05) is 25.1 Å². The van der Waals surface area contributed by atoms with E-state index in [1.165, 1.54) is 4.90 Å². The monoisotopic (exact) mass is 332 g/mol. The minimum absolute atomic E-state index is 0.0163. The van der Waals surface area contributed by atoms with Crippen molar-refractivity contribution in [3.8, 4) is 0 Å². The molecule has 6 heteroatoms. The molecule has 2 rings (SSSR count). The van der Waals surface area contributed by atoms with Crippen LogP contribution in [0.25, 0.3) is 0 Å². The summed E-state index contributed by atoms with van der Waals surface area (Å²) >= 11 is 0. The number of hydrogen-bond acceptors (Lipinski definition) is 3. The molecule has 1 fully saturated rings. The number of carboxylic acid groups (broad SMARTS) is 1. The summed E-state index contributed by atoms with van der Waals surface area (Å²) in [6.07, 6.45) is 1.89. The van der Waals surface area contributed by atoms with E-state index >= 15 is 0 Å². The van der Waals surface area contributed by atoms with Gasteiger partial charge in [0.1, 0.15) is 6.54 Å². The zero-order valence-electron chi connectivity index (χ0n) is 14.0. The quantitative estimate of drug-likeness (QED) is 0.862. The predicted octanol–water partition coefficient (Wildman–Crippen LogP) is 1.86. The number of carbonyl (C=O) groups is 3. The van der Waals surface area contributed by atoms with Gasteiger partial charge >= 0.3 is 5.97 Å². The predicted molar refractivity (Wildman–Crippen MR) is 89.6 cm³/mol. The van der Waals surface area contributed by atoms with Crippen LogP contribution in [0.15, 0.2) is 30.3 Å². The van der Waals surface area contributed by atoms with Crippen LogP contribution in [0.2, 0.25) is 0 Å². The fraction of sp³-hybridized carbons (Fsp3) is 0.500. The first-order valence-electron chi connectivity index (χ1n) is 8.37. The summed E-state index contributed by atoms with van der Waals surface area (Å²) in [5, 5.41) is 8.95. The fourth-order valence-corrected chi connectivity index (χ4v) is 3.05. The van der Waals surface area contributed by atoms with Gasteiger partial charge in [0.2, 0.25) is 5.91 Å². The van der Waals surface area contributed by atoms with Gasteiger partial charge in [0.05, 0.1) is 0 Å². The lowest BCUT2D eigenvalue weighted by Crippen LogP contribution is -2.45. The SMILES string of the molecule is CCCN(CC(=O)O)C(=O)C1CCN(C(=O)c2ccccc2)CC1. The lowest BCUT2D eigenvalue weighted by molar-refractivity contribution is -0.147. The van der Waals surface area contributed by atoms with Crippen molar-refractivity contribution in [2.24, 2.45) is 5.92 Å². The summed E-state index contributed by atoms with van der Waals surface area (Å²) in [5.74, 6) is -1.31. The molecule has 1 saturated heterocycles. The van der Waals surface area contributed by atoms with Gasteiger partial charge in [0.15, 0.2) is 0 Å². The van der Waals surface area contributed by atoms with Gasteiger partial charge in [-0.2, -0.15) is 0 Å². The van der Waals surface area contributed by atoms with Crippen LogP contribution in [0, 0.1) is 5.92 Å². The molecule has 0 aliphatic carbocycles. The normalized spacial score (nSPS) is 15.1. The second-order valence-electron chi connectivity index (χ2n) is 6.09. The molecular formula is C18H24N2O4. The number of amides is 2. The van der Waals surface area contributed by atoms with Crippen molar-refractivity contribution in [1.29, 1.82) is 0 Å². The van der Waals surface area contributed by atoms with Crippen LogP contribution in [0.1, 0.15) is 36.5 Å². The molecule has 24 heavy (non-hydrogen) atoms. The molecule has 0 aromatic heterocycles. The summed E-state index contributed by atoms with van der Waals surface area (Å²) in [5.41, 5.74) is 0.653. The highest BCUT2D eigenvalue weighted by molar-refractivity contribution is 5.94. The van der Waals surface area contributed by atoms with Crippen LogP contribution in [-0.2, 0) is 9.59 Å². The molecule has 130 valence electrons. The number of likely N-dealkylation sites (tertiary alicyclic amines) is 1. The van der Waals surface area contributed by atoms with Crippen LogP contribution in [0.5, 0.6) is 0 Å². The Balaban J connectivity index is 1.92. The highest BCUT2D eigenvalue weighted by Crippen LogP contribution is 2.21. The molecule has 0 bridgehead atoms. The summed E-state index contributed by atoms with van der Waals surface area (Å²) in [6.45, 7) is 3.17. The number of benzene rings is 1. The zero-order valence-corrected chi connectivity index (χ0v) is 14.0. The minimum Gasteiger partial charge on any atom is -0.480 e. The molecule has 0 radical (unpaired) electrons. The molecule has 0 atom stereocenters. The number of hydrogen-bond donors (Lipinski definition) is 1. The number of piperidine rings is 1. The maximum absolute atomic E-state index is 12.5. The van der Waals surface area contributed by atoms with Gasteiger partial charge in [-0.1, -0.05) is 25.1 Å². The highest BCUT2D eigenvalue weighted by Gasteiger charge is 2.30. The Morgan fingerprint density at radius 2 is 1.79 bits per heavy atom. The number of carboxylic acids is 1. The first-order chi connectivity index (χ1) is 11.5. The second-order valence-corrected chi connectivity index (χ2v) is 6.09. The van der Waals surface area contributed by atoms with Crippen LogP contribution in [-0.4, -0.2) is 58.9 Å². The van der Waals surface area contributed by atoms with E-state index in [9.17, 15) is 14.4 Å². The van der Waals surface area contributed by atoms with E-state index in [0.717, 1.165) is 6.42 Å². The molecule has 1 aliphatic rings. The zero-order chi connectivity index (χ0) is 17.5. The van der Waals surface area contributed by atoms with Crippen LogP contribution >= 0.6 is 0 Å². The van der Waals surface area contributed by atoms with Crippen molar-refractivity contribution < 1.29 is 19.5 Å². The third-order valence-electron chi connectivity index (χ3n) is 4.28. The minimum atomic E-state index is -0.992. The van der Waals surface area contributed by atoms with E-state index in [0.29, 0.717) is 38.0 Å². The number of nitrogens with zero attached hydrogens (tertiary/aromatic N) is 2. The molecule has 0 spiro atoms. The Morgan fingerprint density at radius 3 is 2.33 bits per heavy atom. The van der Waals surface area contributed by atoms with E-state index < -0.39 is 5.97 Å². The average molecular weight is 332 g/mol. The Labute approximate surface area is 142 Å². The molecule has 0 unspecified atom stereocenters. The van der Waals surface area contributed by atoms with Crippen molar-refractivity contribution in [3.63, 3.8) is 0 Å². The third kappa shape index (κ3) is 4.57. The molecule has 1 aliphatic heterocycles. The van der Waals surface area contributed by atoms with Crippen LogP contribution < -0.4 is 0 Å². The van der Waals surface area contributed by atoms with Crippen molar-refractivity contribution in [1.82, 2.24) is 9.80 Å². The first-order valence-corrected chi connectivity index (χ1v) is 8.37.